The van der Waals surface area contributed by atoms with Crippen molar-refractivity contribution in [2.75, 3.05) is 12.9 Å². The second kappa shape index (κ2) is 9.43. The highest BCUT2D eigenvalue weighted by Crippen LogP contribution is 2.35. The minimum atomic E-state index is -0.172. The molecule has 1 saturated carbocycles. The minimum absolute atomic E-state index is 0.0876. The largest absolute Gasteiger partial charge is 0.495 e. The van der Waals surface area contributed by atoms with Crippen LogP contribution in [-0.2, 0) is 4.79 Å². The Labute approximate surface area is 197 Å². The molecule has 0 aliphatic heterocycles. The van der Waals surface area contributed by atoms with Crippen molar-refractivity contribution in [3.63, 3.8) is 0 Å². The number of benzene rings is 2. The van der Waals surface area contributed by atoms with Crippen LogP contribution < -0.4 is 10.3 Å². The fourth-order valence-corrected chi connectivity index (χ4v) is 5.27. The van der Waals surface area contributed by atoms with Crippen LogP contribution in [0.2, 0.25) is 0 Å². The van der Waals surface area contributed by atoms with Crippen molar-refractivity contribution in [1.29, 1.82) is 0 Å². The Morgan fingerprint density at radius 2 is 1.94 bits per heavy atom. The Morgan fingerprint density at radius 3 is 2.70 bits per heavy atom. The number of hydrogen-bond donors (Lipinski definition) is 0. The quantitative estimate of drug-likeness (QED) is 0.369. The molecule has 2 aliphatic rings. The maximum absolute atomic E-state index is 13.5. The lowest BCUT2D eigenvalue weighted by Gasteiger charge is -2.27. The van der Waals surface area contributed by atoms with Crippen LogP contribution in [-0.4, -0.2) is 39.3 Å². The molecule has 1 amide bonds. The molecule has 3 aromatic rings. The molecule has 2 aliphatic carbocycles. The van der Waals surface area contributed by atoms with Crippen molar-refractivity contribution in [1.82, 2.24) is 14.5 Å². The van der Waals surface area contributed by atoms with E-state index in [-0.39, 0.29) is 17.2 Å². The van der Waals surface area contributed by atoms with Gasteiger partial charge in [-0.3, -0.25) is 14.2 Å². The van der Waals surface area contributed by atoms with Crippen molar-refractivity contribution < 1.29 is 9.53 Å². The van der Waals surface area contributed by atoms with Gasteiger partial charge < -0.3 is 9.64 Å². The van der Waals surface area contributed by atoms with Crippen LogP contribution in [0.5, 0.6) is 5.75 Å². The maximum Gasteiger partial charge on any atom is 0.266 e. The molecule has 170 valence electrons. The molecule has 6 nitrogen and oxygen atoms in total. The van der Waals surface area contributed by atoms with Gasteiger partial charge in [0.25, 0.3) is 5.56 Å². The van der Waals surface area contributed by atoms with Crippen molar-refractivity contribution in [2.45, 2.75) is 49.7 Å². The first-order chi connectivity index (χ1) is 16.2. The van der Waals surface area contributed by atoms with E-state index in [0.29, 0.717) is 33.5 Å². The number of thioether (sulfide) groups is 1. The summed E-state index contributed by atoms with van der Waals surface area (Å²) < 4.78 is 7.10. The van der Waals surface area contributed by atoms with E-state index in [1.807, 2.05) is 47.4 Å². The summed E-state index contributed by atoms with van der Waals surface area (Å²) in [6.07, 6.45) is 8.68. The zero-order valence-electron chi connectivity index (χ0n) is 18.7. The predicted octanol–water partition coefficient (Wildman–Crippen LogP) is 4.94. The van der Waals surface area contributed by atoms with Crippen molar-refractivity contribution >= 4 is 28.6 Å². The third-order valence-electron chi connectivity index (χ3n) is 6.15. The fourth-order valence-electron chi connectivity index (χ4n) is 4.40. The Morgan fingerprint density at radius 1 is 1.15 bits per heavy atom. The van der Waals surface area contributed by atoms with Crippen LogP contribution in [0, 0.1) is 0 Å². The van der Waals surface area contributed by atoms with Gasteiger partial charge in [-0.1, -0.05) is 42.1 Å². The third-order valence-corrected chi connectivity index (χ3v) is 7.08. The van der Waals surface area contributed by atoms with Gasteiger partial charge in [-0.25, -0.2) is 4.98 Å². The number of aromatic nitrogens is 2. The van der Waals surface area contributed by atoms with Crippen molar-refractivity contribution in [2.24, 2.45) is 0 Å². The lowest BCUT2D eigenvalue weighted by atomic mass is 10.0. The van der Waals surface area contributed by atoms with Gasteiger partial charge in [0.15, 0.2) is 5.16 Å². The maximum atomic E-state index is 13.5. The van der Waals surface area contributed by atoms with E-state index in [1.54, 1.807) is 17.7 Å². The number of methoxy groups -OCH3 is 1. The molecule has 0 bridgehead atoms. The van der Waals surface area contributed by atoms with Crippen LogP contribution in [0.25, 0.3) is 16.6 Å². The van der Waals surface area contributed by atoms with E-state index < -0.39 is 0 Å². The molecule has 1 fully saturated rings. The van der Waals surface area contributed by atoms with Gasteiger partial charge in [0, 0.05) is 11.7 Å². The highest BCUT2D eigenvalue weighted by Gasteiger charge is 2.35. The van der Waals surface area contributed by atoms with Crippen LogP contribution in [0.1, 0.15) is 38.5 Å². The Bertz CT molecular complexity index is 1280. The van der Waals surface area contributed by atoms with Crippen LogP contribution >= 0.6 is 11.8 Å². The summed E-state index contributed by atoms with van der Waals surface area (Å²) in [5.74, 6) is 0.898. The summed E-state index contributed by atoms with van der Waals surface area (Å²) >= 11 is 1.31. The number of allylic oxidation sites excluding steroid dienone is 2. The molecular formula is C26H27N3O3S. The normalized spacial score (nSPS) is 15.8. The standard InChI is InChI=1S/C26H27N3O3S/c1-32-23-14-8-7-13-22(23)29-25(31)20-11-5-6-12-21(20)27-26(29)33-17-24(30)28(19-15-16-19)18-9-3-2-4-10-18/h5-9,11-14,19H,2-4,10,15-17H2,1H3. The molecular weight excluding hydrogens is 434 g/mol. The third kappa shape index (κ3) is 4.42. The average molecular weight is 462 g/mol. The summed E-state index contributed by atoms with van der Waals surface area (Å²) in [6, 6.07) is 15.0. The molecule has 7 heteroatoms. The van der Waals surface area contributed by atoms with Gasteiger partial charge in [0.1, 0.15) is 5.75 Å². The first-order valence-electron chi connectivity index (χ1n) is 11.5. The minimum Gasteiger partial charge on any atom is -0.495 e. The molecule has 0 spiro atoms. The zero-order chi connectivity index (χ0) is 22.8. The van der Waals surface area contributed by atoms with Crippen LogP contribution in [0.15, 0.2) is 70.3 Å². The molecule has 1 heterocycles. The lowest BCUT2D eigenvalue weighted by Crippen LogP contribution is -2.34. The van der Waals surface area contributed by atoms with E-state index in [1.165, 1.54) is 23.9 Å². The molecule has 5 rings (SSSR count). The van der Waals surface area contributed by atoms with Gasteiger partial charge in [-0.15, -0.1) is 0 Å². The second-order valence-corrected chi connectivity index (χ2v) is 9.39. The second-order valence-electron chi connectivity index (χ2n) is 8.45. The number of hydrogen-bond acceptors (Lipinski definition) is 5. The highest BCUT2D eigenvalue weighted by atomic mass is 32.2. The van der Waals surface area contributed by atoms with E-state index in [4.69, 9.17) is 9.72 Å². The summed E-state index contributed by atoms with van der Waals surface area (Å²) in [7, 11) is 1.58. The van der Waals surface area contributed by atoms with E-state index >= 15 is 0 Å². The monoisotopic (exact) mass is 461 g/mol. The molecule has 33 heavy (non-hydrogen) atoms. The summed E-state index contributed by atoms with van der Waals surface area (Å²) in [5, 5.41) is 1.02. The Balaban J connectivity index is 1.51. The molecule has 0 saturated heterocycles. The SMILES string of the molecule is COc1ccccc1-n1c(SCC(=O)N(C2=CCCCC2)C2CC2)nc2ccccc2c1=O. The van der Waals surface area contributed by atoms with Crippen molar-refractivity contribution in [3.05, 3.63) is 70.7 Å². The number of fused-ring (bicyclic) bond motifs is 1. The van der Waals surface area contributed by atoms with Crippen LogP contribution in [0.4, 0.5) is 0 Å². The molecule has 0 unspecified atom stereocenters. The zero-order valence-corrected chi connectivity index (χ0v) is 19.5. The number of carbonyl (C=O) groups excluding carboxylic acids is 1. The van der Waals surface area contributed by atoms with E-state index in [2.05, 4.69) is 6.08 Å². The number of amides is 1. The van der Waals surface area contributed by atoms with Crippen molar-refractivity contribution in [3.8, 4) is 11.4 Å². The number of para-hydroxylation sites is 3. The summed E-state index contributed by atoms with van der Waals surface area (Å²) in [6.45, 7) is 0. The smallest absolute Gasteiger partial charge is 0.266 e. The van der Waals surface area contributed by atoms with Gasteiger partial charge in [0.05, 0.1) is 29.5 Å². The van der Waals surface area contributed by atoms with E-state index in [0.717, 1.165) is 32.1 Å². The Kier molecular flexibility index (Phi) is 6.22. The highest BCUT2D eigenvalue weighted by molar-refractivity contribution is 7.99. The molecule has 0 N–H and O–H groups in total. The average Bonchev–Trinajstić information content (AvgIpc) is 3.69. The molecule has 1 aromatic heterocycles. The number of carbonyl (C=O) groups is 1. The van der Waals surface area contributed by atoms with Gasteiger partial charge in [0.2, 0.25) is 5.91 Å². The van der Waals surface area contributed by atoms with Gasteiger partial charge >= 0.3 is 0 Å². The lowest BCUT2D eigenvalue weighted by molar-refractivity contribution is -0.127. The summed E-state index contributed by atoms with van der Waals surface area (Å²) in [5.41, 5.74) is 2.24. The summed E-state index contributed by atoms with van der Waals surface area (Å²) in [4.78, 5) is 33.6. The molecule has 0 radical (unpaired) electrons. The number of nitrogens with zero attached hydrogens (tertiary/aromatic N) is 3. The van der Waals surface area contributed by atoms with Gasteiger partial charge in [-0.2, -0.15) is 0 Å². The fraction of sp³-hybridized carbons (Fsp3) is 0.346. The topological polar surface area (TPSA) is 64.4 Å². The van der Waals surface area contributed by atoms with E-state index in [9.17, 15) is 9.59 Å². The van der Waals surface area contributed by atoms with Crippen LogP contribution in [0.3, 0.4) is 0 Å². The first kappa shape index (κ1) is 21.8. The number of ether oxygens (including phenoxy) is 1. The number of rotatable bonds is 7. The molecule has 0 atom stereocenters. The molecule has 2 aromatic carbocycles. The first-order valence-corrected chi connectivity index (χ1v) is 12.4. The van der Waals surface area contributed by atoms with Gasteiger partial charge in [-0.05, 0) is 62.8 Å². The Hall–Kier alpha value is -3.06. The predicted molar refractivity (Wildman–Crippen MR) is 131 cm³/mol.